The molecule has 1 heterocycles. The van der Waals surface area contributed by atoms with Crippen molar-refractivity contribution in [2.24, 2.45) is 0 Å². The van der Waals surface area contributed by atoms with E-state index in [1.54, 1.807) is 28.1 Å². The maximum atomic E-state index is 13.4. The molecule has 1 amide bonds. The highest BCUT2D eigenvalue weighted by Crippen LogP contribution is 2.06. The minimum absolute atomic E-state index is 0.0494. The van der Waals surface area contributed by atoms with Crippen LogP contribution in [0.4, 0.5) is 4.39 Å². The van der Waals surface area contributed by atoms with E-state index in [0.717, 1.165) is 17.0 Å². The molecule has 1 N–H and O–H groups in total. The summed E-state index contributed by atoms with van der Waals surface area (Å²) >= 11 is 1.13. The lowest BCUT2D eigenvalue weighted by Gasteiger charge is -2.07. The molecule has 2 rings (SSSR count). The molecule has 0 aliphatic heterocycles. The van der Waals surface area contributed by atoms with Gasteiger partial charge in [0.1, 0.15) is 5.82 Å². The lowest BCUT2D eigenvalue weighted by atomic mass is 10.1. The van der Waals surface area contributed by atoms with Crippen molar-refractivity contribution < 1.29 is 9.18 Å². The van der Waals surface area contributed by atoms with Crippen LogP contribution in [-0.4, -0.2) is 17.0 Å². The number of carbonyl (C=O) groups is 1. The van der Waals surface area contributed by atoms with Gasteiger partial charge >= 0.3 is 4.87 Å². The van der Waals surface area contributed by atoms with E-state index >= 15 is 0 Å². The van der Waals surface area contributed by atoms with Gasteiger partial charge in [-0.25, -0.2) is 4.39 Å². The number of halogens is 1. The van der Waals surface area contributed by atoms with Gasteiger partial charge in [0.15, 0.2) is 0 Å². The first-order chi connectivity index (χ1) is 10.1. The van der Waals surface area contributed by atoms with Gasteiger partial charge in [0, 0.05) is 30.6 Å². The molecule has 0 unspecified atom stereocenters. The van der Waals surface area contributed by atoms with Gasteiger partial charge in [-0.05, 0) is 25.0 Å². The van der Waals surface area contributed by atoms with Crippen molar-refractivity contribution >= 4 is 17.2 Å². The number of amides is 1. The number of hydrogen-bond acceptors (Lipinski definition) is 3. The largest absolute Gasteiger partial charge is 0.356 e. The number of hydrogen-bond donors (Lipinski definition) is 1. The van der Waals surface area contributed by atoms with Crippen molar-refractivity contribution in [1.82, 2.24) is 9.88 Å². The summed E-state index contributed by atoms with van der Waals surface area (Å²) in [6.45, 7) is 2.60. The third-order valence-electron chi connectivity index (χ3n) is 3.21. The second kappa shape index (κ2) is 7.17. The fourth-order valence-corrected chi connectivity index (χ4v) is 2.78. The monoisotopic (exact) mass is 308 g/mol. The Balaban J connectivity index is 1.76. The van der Waals surface area contributed by atoms with Crippen LogP contribution in [-0.2, 0) is 17.8 Å². The fourth-order valence-electron chi connectivity index (χ4n) is 2.01. The predicted octanol–water partition coefficient (Wildman–Crippen LogP) is 2.11. The maximum Gasteiger partial charge on any atom is 0.307 e. The minimum Gasteiger partial charge on any atom is -0.356 e. The molecule has 6 heteroatoms. The van der Waals surface area contributed by atoms with Gasteiger partial charge in [0.05, 0.1) is 0 Å². The van der Waals surface area contributed by atoms with E-state index in [-0.39, 0.29) is 23.0 Å². The van der Waals surface area contributed by atoms with Crippen LogP contribution >= 0.6 is 11.3 Å². The quantitative estimate of drug-likeness (QED) is 0.888. The van der Waals surface area contributed by atoms with Gasteiger partial charge in [-0.3, -0.25) is 9.59 Å². The number of aromatic nitrogens is 1. The van der Waals surface area contributed by atoms with Gasteiger partial charge in [-0.15, -0.1) is 0 Å². The summed E-state index contributed by atoms with van der Waals surface area (Å²) in [5.74, 6) is -0.393. The molecular weight excluding hydrogens is 291 g/mol. The van der Waals surface area contributed by atoms with Gasteiger partial charge < -0.3 is 9.88 Å². The maximum absolute atomic E-state index is 13.4. The molecule has 0 aliphatic rings. The predicted molar refractivity (Wildman–Crippen MR) is 81.0 cm³/mol. The zero-order valence-corrected chi connectivity index (χ0v) is 12.6. The summed E-state index contributed by atoms with van der Waals surface area (Å²) in [6.07, 6.45) is 0.699. The van der Waals surface area contributed by atoms with E-state index in [4.69, 9.17) is 0 Å². The molecule has 2 aromatic rings. The molecule has 21 heavy (non-hydrogen) atoms. The Bertz CT molecular complexity index is 678. The summed E-state index contributed by atoms with van der Waals surface area (Å²) in [6, 6.07) is 6.52. The number of aryl methyl sites for hydroxylation is 1. The lowest BCUT2D eigenvalue weighted by Crippen LogP contribution is -2.28. The Labute approximate surface area is 126 Å². The standard InChI is InChI=1S/C15H17FN2O2S/c1-11-10-21-15(20)18(11)9-7-14(19)17-8-6-12-4-2-3-5-13(12)16/h2-5,10H,6-9H2,1H3,(H,17,19). The summed E-state index contributed by atoms with van der Waals surface area (Å²) in [7, 11) is 0. The Hall–Kier alpha value is -1.95. The molecule has 0 saturated carbocycles. The average molecular weight is 308 g/mol. The third kappa shape index (κ3) is 4.26. The second-order valence-corrected chi connectivity index (χ2v) is 5.56. The molecule has 0 spiro atoms. The molecule has 1 aromatic heterocycles. The van der Waals surface area contributed by atoms with Crippen LogP contribution in [0.3, 0.4) is 0 Å². The summed E-state index contributed by atoms with van der Waals surface area (Å²) in [5, 5.41) is 4.52. The van der Waals surface area contributed by atoms with Crippen molar-refractivity contribution in [1.29, 1.82) is 0 Å². The molecule has 0 radical (unpaired) electrons. The van der Waals surface area contributed by atoms with E-state index < -0.39 is 0 Å². The van der Waals surface area contributed by atoms with Crippen LogP contribution in [0.5, 0.6) is 0 Å². The van der Waals surface area contributed by atoms with E-state index in [0.29, 0.717) is 25.1 Å². The topological polar surface area (TPSA) is 51.1 Å². The average Bonchev–Trinajstić information content (AvgIpc) is 2.78. The molecule has 112 valence electrons. The highest BCUT2D eigenvalue weighted by Gasteiger charge is 2.07. The molecular formula is C15H17FN2O2S. The van der Waals surface area contributed by atoms with Crippen molar-refractivity contribution in [3.8, 4) is 0 Å². The number of nitrogens with one attached hydrogen (secondary N) is 1. The van der Waals surface area contributed by atoms with Crippen molar-refractivity contribution in [3.05, 3.63) is 56.4 Å². The zero-order chi connectivity index (χ0) is 15.2. The van der Waals surface area contributed by atoms with Crippen molar-refractivity contribution in [2.45, 2.75) is 26.3 Å². The Kier molecular flexibility index (Phi) is 5.27. The first-order valence-electron chi connectivity index (χ1n) is 6.73. The second-order valence-electron chi connectivity index (χ2n) is 4.74. The molecule has 1 aromatic carbocycles. The summed E-state index contributed by atoms with van der Waals surface area (Å²) in [5.41, 5.74) is 1.45. The normalized spacial score (nSPS) is 10.6. The van der Waals surface area contributed by atoms with E-state index in [1.165, 1.54) is 6.07 Å². The number of thiazole rings is 1. The van der Waals surface area contributed by atoms with Gasteiger partial charge in [-0.1, -0.05) is 29.5 Å². The first-order valence-corrected chi connectivity index (χ1v) is 7.61. The number of benzene rings is 1. The third-order valence-corrected chi connectivity index (χ3v) is 4.09. The molecule has 0 aliphatic carbocycles. The minimum atomic E-state index is -0.257. The highest BCUT2D eigenvalue weighted by atomic mass is 32.1. The van der Waals surface area contributed by atoms with Crippen LogP contribution in [0.1, 0.15) is 17.7 Å². The smallest absolute Gasteiger partial charge is 0.307 e. The number of nitrogens with zero attached hydrogens (tertiary/aromatic N) is 1. The van der Waals surface area contributed by atoms with E-state index in [9.17, 15) is 14.0 Å². The van der Waals surface area contributed by atoms with Crippen LogP contribution < -0.4 is 10.2 Å². The Morgan fingerprint density at radius 3 is 2.81 bits per heavy atom. The SMILES string of the molecule is Cc1csc(=O)n1CCC(=O)NCCc1ccccc1F. The summed E-state index contributed by atoms with van der Waals surface area (Å²) in [4.78, 5) is 23.2. The molecule has 0 fully saturated rings. The molecule has 0 atom stereocenters. The van der Waals surface area contributed by atoms with Crippen LogP contribution in [0.2, 0.25) is 0 Å². The van der Waals surface area contributed by atoms with E-state index in [2.05, 4.69) is 5.32 Å². The van der Waals surface area contributed by atoms with Crippen molar-refractivity contribution in [3.63, 3.8) is 0 Å². The Morgan fingerprint density at radius 2 is 2.14 bits per heavy atom. The highest BCUT2D eigenvalue weighted by molar-refractivity contribution is 7.07. The summed E-state index contributed by atoms with van der Waals surface area (Å²) < 4.78 is 15.0. The fraction of sp³-hybridized carbons (Fsp3) is 0.333. The van der Waals surface area contributed by atoms with Crippen LogP contribution in [0, 0.1) is 12.7 Å². The van der Waals surface area contributed by atoms with Crippen LogP contribution in [0.15, 0.2) is 34.4 Å². The molecule has 0 bridgehead atoms. The van der Waals surface area contributed by atoms with Crippen LogP contribution in [0.25, 0.3) is 0 Å². The number of carbonyl (C=O) groups excluding carboxylic acids is 1. The van der Waals surface area contributed by atoms with Gasteiger partial charge in [0.25, 0.3) is 0 Å². The van der Waals surface area contributed by atoms with Gasteiger partial charge in [-0.2, -0.15) is 0 Å². The molecule has 0 saturated heterocycles. The number of rotatable bonds is 6. The first kappa shape index (κ1) is 15.4. The molecule has 4 nitrogen and oxygen atoms in total. The lowest BCUT2D eigenvalue weighted by molar-refractivity contribution is -0.121. The van der Waals surface area contributed by atoms with E-state index in [1.807, 2.05) is 6.92 Å². The zero-order valence-electron chi connectivity index (χ0n) is 11.8. The Morgan fingerprint density at radius 1 is 1.38 bits per heavy atom. The van der Waals surface area contributed by atoms with Gasteiger partial charge in [0.2, 0.25) is 5.91 Å². The van der Waals surface area contributed by atoms with Crippen molar-refractivity contribution in [2.75, 3.05) is 6.54 Å².